The van der Waals surface area contributed by atoms with Crippen LogP contribution in [0, 0.1) is 0 Å². The van der Waals surface area contributed by atoms with Crippen molar-refractivity contribution < 1.29 is 39.5 Å². The molecular weight excluding hydrogens is 1070 g/mol. The minimum absolute atomic E-state index is 0.0405. The highest BCUT2D eigenvalue weighted by Gasteiger charge is 2.49. The lowest BCUT2D eigenvalue weighted by atomic mass is 9.91. The molecule has 10 N–H and O–H groups in total. The van der Waals surface area contributed by atoms with Crippen molar-refractivity contribution in [3.05, 3.63) is 17.9 Å². The van der Waals surface area contributed by atoms with Gasteiger partial charge in [0.15, 0.2) is 58.6 Å². The molecule has 4 aliphatic heterocycles. The summed E-state index contributed by atoms with van der Waals surface area (Å²) in [7, 11) is 8.24. The largest absolute Gasteiger partial charge is 0.387 e. The molecule has 2 amide bonds. The number of nitrogens with one attached hydrogen (secondary N) is 6. The van der Waals surface area contributed by atoms with Crippen LogP contribution in [0.4, 0.5) is 35.4 Å². The summed E-state index contributed by atoms with van der Waals surface area (Å²) in [5.41, 5.74) is 1.78. The van der Waals surface area contributed by atoms with Crippen LogP contribution in [0.25, 0.3) is 22.3 Å². The van der Waals surface area contributed by atoms with Crippen molar-refractivity contribution in [1.82, 2.24) is 74.4 Å². The normalized spacial score (nSPS) is 30.7. The third-order valence-electron chi connectivity index (χ3n) is 16.8. The van der Waals surface area contributed by atoms with E-state index in [9.17, 15) is 30.0 Å². The summed E-state index contributed by atoms with van der Waals surface area (Å²) in [4.78, 5) is 77.2. The molecule has 440 valence electrons. The van der Waals surface area contributed by atoms with Gasteiger partial charge in [-0.2, -0.15) is 34.9 Å². The van der Waals surface area contributed by atoms with E-state index in [4.69, 9.17) is 56.0 Å². The molecule has 0 unspecified atom stereocenters. The first-order valence-corrected chi connectivity index (χ1v) is 28.8. The van der Waals surface area contributed by atoms with Gasteiger partial charge in [0.25, 0.3) is 11.8 Å². The van der Waals surface area contributed by atoms with Crippen LogP contribution in [-0.4, -0.2) is 236 Å². The van der Waals surface area contributed by atoms with Crippen LogP contribution in [0.2, 0.25) is 5.28 Å². The topological polar surface area (TPSA) is 345 Å². The molecule has 6 aliphatic rings. The Labute approximate surface area is 473 Å². The number of ether oxygens (including phenoxy) is 2. The number of amides is 2. The van der Waals surface area contributed by atoms with E-state index in [1.165, 1.54) is 12.7 Å². The molecule has 2 saturated carbocycles. The molecule has 81 heavy (non-hydrogen) atoms. The maximum Gasteiger partial charge on any atom is 0.252 e. The SMILES string of the molecule is CCNC(=O)[C@H]1O[C@@H](n2cnc3c(NC4CCC(Nc5nc(Cl)nc(NC6CCC(Nc7nc(N8CC[C@@H](N(C)C)C8)nc8c7ncn8[C@@H]7O[C@H](C(=O)NCC)[C@@H](O)[C@H]7O)CC6)n5)CC4)nc(N4CC[C@@H](N(C)C)C4)nc32)[C@H](O)[C@@H]1O. The fraction of sp³-hybridized carbons (Fsp3) is 0.706. The molecule has 4 saturated heterocycles. The maximum absolute atomic E-state index is 12.8. The molecule has 29 nitrogen and oxygen atoms in total. The average Bonchev–Trinajstić information content (AvgIpc) is 4.53. The molecule has 0 radical (unpaired) electrons. The molecular formula is C51H76ClN21O8. The minimum atomic E-state index is -1.45. The molecule has 9 heterocycles. The number of carbonyl (C=O) groups is 2. The number of anilines is 6. The summed E-state index contributed by atoms with van der Waals surface area (Å²) in [6.07, 6.45) is 0.769. The van der Waals surface area contributed by atoms with E-state index in [1.54, 1.807) is 23.0 Å². The van der Waals surface area contributed by atoms with Gasteiger partial charge in [-0.1, -0.05) is 0 Å². The monoisotopic (exact) mass is 1150 g/mol. The number of nitrogens with zero attached hydrogens (tertiary/aromatic N) is 15. The Morgan fingerprint density at radius 1 is 0.556 bits per heavy atom. The second kappa shape index (κ2) is 24.0. The highest BCUT2D eigenvalue weighted by molar-refractivity contribution is 6.28. The van der Waals surface area contributed by atoms with Gasteiger partial charge in [-0.3, -0.25) is 18.7 Å². The second-order valence-corrected chi connectivity index (χ2v) is 23.0. The number of halogens is 1. The Kier molecular flexibility index (Phi) is 16.8. The standard InChI is InChI=1S/C51H76ClN21O8/c1-7-53-43(78)37-33(74)35(76)45(80-37)72-23-55-31-39(61-50(63-41(31)72)70-19-17-29(21-70)68(3)4)57-25-9-13-27(14-10-25)59-48-65-47(52)66-49(67-48)60-28-15-11-26(12-16-28)58-40-32-42(64-51(62-40)71-20-18-30(22-71)69(5)6)73(24-56-32)46-36(77)34(75)38(81-46)44(79)54-8-2/h23-30,33-38,45-46,74-77H,7-22H2,1-6H3,(H,53,78)(H,54,79)(H,57,61,63)(H,58,62,64)(H2,59,60,65,66,67)/t25?,26?,27?,28?,29-,30-,33+,34+,35-,36-,37+,38+,45-,46-/m1/s1. The highest BCUT2D eigenvalue weighted by Crippen LogP contribution is 2.38. The Morgan fingerprint density at radius 2 is 0.938 bits per heavy atom. The van der Waals surface area contributed by atoms with Gasteiger partial charge in [0.1, 0.15) is 24.4 Å². The van der Waals surface area contributed by atoms with Crippen molar-refractivity contribution in [2.24, 2.45) is 0 Å². The van der Waals surface area contributed by atoms with Crippen LogP contribution in [0.15, 0.2) is 12.7 Å². The summed E-state index contributed by atoms with van der Waals surface area (Å²) in [6.45, 7) is 7.19. The van der Waals surface area contributed by atoms with E-state index < -0.39 is 60.9 Å². The summed E-state index contributed by atoms with van der Waals surface area (Å²) in [5, 5.41) is 63.8. The maximum atomic E-state index is 12.8. The molecule has 5 aromatic rings. The van der Waals surface area contributed by atoms with E-state index in [2.05, 4.69) is 89.7 Å². The van der Waals surface area contributed by atoms with Crippen LogP contribution in [0.3, 0.4) is 0 Å². The predicted molar refractivity (Wildman–Crippen MR) is 300 cm³/mol. The molecule has 0 bridgehead atoms. The van der Waals surface area contributed by atoms with Crippen molar-refractivity contribution in [1.29, 1.82) is 0 Å². The van der Waals surface area contributed by atoms with Gasteiger partial charge in [-0.15, -0.1) is 0 Å². The average molecular weight is 1150 g/mol. The minimum Gasteiger partial charge on any atom is -0.387 e. The van der Waals surface area contributed by atoms with Crippen LogP contribution in [-0.2, 0) is 19.1 Å². The lowest BCUT2D eigenvalue weighted by molar-refractivity contribution is -0.138. The Hall–Kier alpha value is -6.18. The fourth-order valence-electron chi connectivity index (χ4n) is 12.1. The molecule has 10 atom stereocenters. The first-order valence-electron chi connectivity index (χ1n) is 28.4. The van der Waals surface area contributed by atoms with Crippen LogP contribution < -0.4 is 41.7 Å². The molecule has 11 rings (SSSR count). The zero-order valence-electron chi connectivity index (χ0n) is 46.6. The number of likely N-dealkylation sites (N-methyl/N-ethyl adjacent to an activating group) is 4. The number of imidazole rings is 2. The van der Waals surface area contributed by atoms with Gasteiger partial charge in [0.05, 0.1) is 12.7 Å². The number of hydrogen-bond acceptors (Lipinski definition) is 25. The number of aliphatic hydroxyl groups excluding tert-OH is 4. The smallest absolute Gasteiger partial charge is 0.252 e. The van der Waals surface area contributed by atoms with Crippen LogP contribution >= 0.6 is 11.6 Å². The molecule has 5 aromatic heterocycles. The lowest BCUT2D eigenvalue weighted by Gasteiger charge is -2.31. The second-order valence-electron chi connectivity index (χ2n) is 22.7. The first kappa shape index (κ1) is 56.7. The summed E-state index contributed by atoms with van der Waals surface area (Å²) in [6, 6.07) is 0.829. The molecule has 0 spiro atoms. The fourth-order valence-corrected chi connectivity index (χ4v) is 12.3. The molecule has 0 aromatic carbocycles. The van der Waals surface area contributed by atoms with Crippen molar-refractivity contribution >= 4 is 81.2 Å². The summed E-state index contributed by atoms with van der Waals surface area (Å²) >= 11 is 6.54. The quantitative estimate of drug-likeness (QED) is 0.0563. The third kappa shape index (κ3) is 11.8. The van der Waals surface area contributed by atoms with E-state index in [0.29, 0.717) is 82.9 Å². The number of fused-ring (bicyclic) bond motifs is 2. The number of aromatic nitrogens is 11. The van der Waals surface area contributed by atoms with Crippen molar-refractivity contribution in [2.75, 3.05) is 98.5 Å². The van der Waals surface area contributed by atoms with Gasteiger partial charge in [0, 0.05) is 75.5 Å². The Balaban J connectivity index is 0.724. The zero-order chi connectivity index (χ0) is 56.8. The van der Waals surface area contributed by atoms with Gasteiger partial charge in [0.2, 0.25) is 29.1 Å². The summed E-state index contributed by atoms with van der Waals surface area (Å²) in [5.74, 6) is 1.87. The van der Waals surface area contributed by atoms with Gasteiger partial charge < -0.3 is 81.4 Å². The van der Waals surface area contributed by atoms with Gasteiger partial charge >= 0.3 is 0 Å². The Morgan fingerprint density at radius 3 is 1.30 bits per heavy atom. The number of hydrogen-bond donors (Lipinski definition) is 10. The molecule has 6 fully saturated rings. The lowest BCUT2D eigenvalue weighted by Crippen LogP contribution is -2.42. The van der Waals surface area contributed by atoms with E-state index in [1.807, 2.05) is 0 Å². The van der Waals surface area contributed by atoms with Crippen LogP contribution in [0.5, 0.6) is 0 Å². The number of carbonyl (C=O) groups excluding carboxylic acids is 2. The Bertz CT molecular complexity index is 2830. The van der Waals surface area contributed by atoms with Crippen molar-refractivity contribution in [3.63, 3.8) is 0 Å². The number of rotatable bonds is 18. The molecule has 30 heteroatoms. The van der Waals surface area contributed by atoms with Crippen molar-refractivity contribution in [2.45, 2.75) is 163 Å². The van der Waals surface area contributed by atoms with Gasteiger partial charge in [-0.25, -0.2) is 9.97 Å². The van der Waals surface area contributed by atoms with Crippen LogP contribution in [0.1, 0.15) is 90.5 Å². The van der Waals surface area contributed by atoms with E-state index >= 15 is 0 Å². The third-order valence-corrected chi connectivity index (χ3v) is 17.0. The summed E-state index contributed by atoms with van der Waals surface area (Å²) < 4.78 is 15.2. The predicted octanol–water partition coefficient (Wildman–Crippen LogP) is 0.266. The van der Waals surface area contributed by atoms with Crippen molar-refractivity contribution in [3.8, 4) is 0 Å². The highest BCUT2D eigenvalue weighted by atomic mass is 35.5. The van der Waals surface area contributed by atoms with Gasteiger partial charge in [-0.05, 0) is 118 Å². The first-order chi connectivity index (χ1) is 39.0. The number of aliphatic hydroxyl groups is 4. The van der Waals surface area contributed by atoms with E-state index in [-0.39, 0.29) is 29.5 Å². The zero-order valence-corrected chi connectivity index (χ0v) is 47.3. The van der Waals surface area contributed by atoms with E-state index in [0.717, 1.165) is 90.4 Å². The molecule has 2 aliphatic carbocycles.